The number of ether oxygens (including phenoxy) is 3. The molecule has 5 rings (SSSR count). The molecule has 1 saturated heterocycles. The highest BCUT2D eigenvalue weighted by Gasteiger charge is 2.46. The van der Waals surface area contributed by atoms with E-state index in [2.05, 4.69) is 27.0 Å². The standard InChI is InChI=1S/C25H28ClN3O3S/c1-16-27-13-19(14-28-16)21-12-25(24-17(6-9-32-25)10-23(26)33-24)7-8-29(21)15-18-4-5-20(30-2)11-22(18)31-3/h4-5,10-11,13-14,21H,6-9,12,15H2,1-3H3. The number of likely N-dealkylation sites (tertiary alicyclic amines) is 1. The van der Waals surface area contributed by atoms with Crippen molar-refractivity contribution >= 4 is 22.9 Å². The second-order valence-corrected chi connectivity index (χ2v) is 10.4. The van der Waals surface area contributed by atoms with E-state index < -0.39 is 0 Å². The molecule has 1 aromatic carbocycles. The van der Waals surface area contributed by atoms with E-state index in [1.165, 1.54) is 10.4 Å². The summed E-state index contributed by atoms with van der Waals surface area (Å²) in [6.07, 6.45) is 6.58. The SMILES string of the molecule is COc1ccc(CN2CCC3(CC2c2cnc(C)nc2)OCCc2cc(Cl)sc23)c(OC)c1. The van der Waals surface area contributed by atoms with Gasteiger partial charge in [-0.1, -0.05) is 17.7 Å². The highest BCUT2D eigenvalue weighted by Crippen LogP contribution is 2.51. The van der Waals surface area contributed by atoms with Gasteiger partial charge in [-0.2, -0.15) is 0 Å². The number of thiophene rings is 1. The molecule has 2 aliphatic rings. The van der Waals surface area contributed by atoms with Crippen molar-refractivity contribution in [3.63, 3.8) is 0 Å². The zero-order valence-corrected chi connectivity index (χ0v) is 20.7. The third kappa shape index (κ3) is 4.35. The van der Waals surface area contributed by atoms with Crippen LogP contribution in [0.4, 0.5) is 0 Å². The molecule has 0 bridgehead atoms. The van der Waals surface area contributed by atoms with Crippen LogP contribution in [0, 0.1) is 6.92 Å². The van der Waals surface area contributed by atoms with Crippen LogP contribution in [0.3, 0.4) is 0 Å². The summed E-state index contributed by atoms with van der Waals surface area (Å²) >= 11 is 8.09. The van der Waals surface area contributed by atoms with Gasteiger partial charge in [-0.3, -0.25) is 4.90 Å². The maximum atomic E-state index is 6.54. The number of methoxy groups -OCH3 is 2. The Hall–Kier alpha value is -2.19. The van der Waals surface area contributed by atoms with Crippen LogP contribution in [0.5, 0.6) is 11.5 Å². The van der Waals surface area contributed by atoms with E-state index in [1.54, 1.807) is 25.6 Å². The van der Waals surface area contributed by atoms with Gasteiger partial charge in [0, 0.05) is 60.0 Å². The van der Waals surface area contributed by atoms with Crippen LogP contribution in [-0.2, 0) is 23.3 Å². The van der Waals surface area contributed by atoms with Crippen LogP contribution >= 0.6 is 22.9 Å². The molecule has 2 aromatic heterocycles. The molecule has 1 fully saturated rings. The molecular formula is C25H28ClN3O3S. The molecule has 174 valence electrons. The van der Waals surface area contributed by atoms with E-state index >= 15 is 0 Å². The van der Waals surface area contributed by atoms with Gasteiger partial charge in [-0.25, -0.2) is 9.97 Å². The van der Waals surface area contributed by atoms with Gasteiger partial charge in [0.2, 0.25) is 0 Å². The van der Waals surface area contributed by atoms with Crippen LogP contribution in [0.25, 0.3) is 0 Å². The molecule has 0 aliphatic carbocycles. The average Bonchev–Trinajstić information content (AvgIpc) is 3.23. The lowest BCUT2D eigenvalue weighted by Crippen LogP contribution is -2.47. The van der Waals surface area contributed by atoms with Crippen molar-refractivity contribution in [2.24, 2.45) is 0 Å². The number of piperidine rings is 1. The van der Waals surface area contributed by atoms with Crippen molar-refractivity contribution in [1.82, 2.24) is 14.9 Å². The summed E-state index contributed by atoms with van der Waals surface area (Å²) in [6, 6.07) is 8.23. The van der Waals surface area contributed by atoms with Gasteiger partial charge in [0.25, 0.3) is 0 Å². The fraction of sp³-hybridized carbons (Fsp3) is 0.440. The summed E-state index contributed by atoms with van der Waals surface area (Å²) in [5.41, 5.74) is 3.24. The lowest BCUT2D eigenvalue weighted by molar-refractivity contribution is -0.114. The zero-order chi connectivity index (χ0) is 23.0. The Morgan fingerprint density at radius 3 is 2.79 bits per heavy atom. The number of nitrogens with zero attached hydrogens (tertiary/aromatic N) is 3. The Labute approximate surface area is 203 Å². The smallest absolute Gasteiger partial charge is 0.127 e. The Bertz CT molecular complexity index is 1140. The van der Waals surface area contributed by atoms with Crippen molar-refractivity contribution < 1.29 is 14.2 Å². The Kier molecular flexibility index (Phi) is 6.31. The number of benzene rings is 1. The summed E-state index contributed by atoms with van der Waals surface area (Å²) in [5, 5.41) is 0. The quantitative estimate of drug-likeness (QED) is 0.487. The van der Waals surface area contributed by atoms with Crippen molar-refractivity contribution in [3.05, 3.63) is 68.4 Å². The molecule has 0 saturated carbocycles. The van der Waals surface area contributed by atoms with Crippen LogP contribution in [0.1, 0.15) is 46.3 Å². The van der Waals surface area contributed by atoms with E-state index in [0.717, 1.165) is 71.7 Å². The van der Waals surface area contributed by atoms with Crippen molar-refractivity contribution in [2.75, 3.05) is 27.4 Å². The summed E-state index contributed by atoms with van der Waals surface area (Å²) in [4.78, 5) is 12.8. The van der Waals surface area contributed by atoms with Crippen molar-refractivity contribution in [3.8, 4) is 11.5 Å². The molecule has 2 aliphatic heterocycles. The minimum atomic E-state index is -0.318. The molecule has 8 heteroatoms. The van der Waals surface area contributed by atoms with E-state index in [1.807, 2.05) is 31.5 Å². The minimum absolute atomic E-state index is 0.109. The average molecular weight is 486 g/mol. The molecule has 3 aromatic rings. The minimum Gasteiger partial charge on any atom is -0.497 e. The fourth-order valence-corrected chi connectivity index (χ4v) is 6.52. The number of fused-ring (bicyclic) bond motifs is 2. The lowest BCUT2D eigenvalue weighted by atomic mass is 9.80. The first-order chi connectivity index (χ1) is 16.0. The Morgan fingerprint density at radius 2 is 2.03 bits per heavy atom. The molecular weight excluding hydrogens is 458 g/mol. The highest BCUT2D eigenvalue weighted by atomic mass is 35.5. The Morgan fingerprint density at radius 1 is 1.21 bits per heavy atom. The predicted molar refractivity (Wildman–Crippen MR) is 129 cm³/mol. The number of aryl methyl sites for hydroxylation is 1. The van der Waals surface area contributed by atoms with Crippen LogP contribution in [0.2, 0.25) is 4.34 Å². The van der Waals surface area contributed by atoms with Crippen LogP contribution < -0.4 is 9.47 Å². The molecule has 33 heavy (non-hydrogen) atoms. The maximum Gasteiger partial charge on any atom is 0.127 e. The van der Waals surface area contributed by atoms with E-state index in [4.69, 9.17) is 25.8 Å². The Balaban J connectivity index is 1.50. The third-order valence-corrected chi connectivity index (χ3v) is 8.25. The molecule has 2 atom stereocenters. The second-order valence-electron chi connectivity index (χ2n) is 8.68. The third-order valence-electron chi connectivity index (χ3n) is 6.76. The molecule has 0 radical (unpaired) electrons. The second kappa shape index (κ2) is 9.22. The molecule has 2 unspecified atom stereocenters. The number of halogens is 1. The van der Waals surface area contributed by atoms with Crippen molar-refractivity contribution in [2.45, 2.75) is 44.4 Å². The number of rotatable bonds is 5. The predicted octanol–water partition coefficient (Wildman–Crippen LogP) is 5.32. The van der Waals surface area contributed by atoms with Crippen LogP contribution in [0.15, 0.2) is 36.7 Å². The summed E-state index contributed by atoms with van der Waals surface area (Å²) in [6.45, 7) is 4.27. The first-order valence-electron chi connectivity index (χ1n) is 11.2. The normalized spacial score (nSPS) is 22.8. The molecule has 0 N–H and O–H groups in total. The number of aromatic nitrogens is 2. The van der Waals surface area contributed by atoms with Gasteiger partial charge in [0.1, 0.15) is 22.9 Å². The van der Waals surface area contributed by atoms with Gasteiger partial charge in [-0.15, -0.1) is 11.3 Å². The number of hydrogen-bond acceptors (Lipinski definition) is 7. The topological polar surface area (TPSA) is 56.7 Å². The molecule has 6 nitrogen and oxygen atoms in total. The molecule has 4 heterocycles. The van der Waals surface area contributed by atoms with Gasteiger partial charge < -0.3 is 14.2 Å². The van der Waals surface area contributed by atoms with Gasteiger partial charge in [-0.05, 0) is 37.5 Å². The van der Waals surface area contributed by atoms with Gasteiger partial charge in [0.05, 0.1) is 25.2 Å². The van der Waals surface area contributed by atoms with E-state index in [-0.39, 0.29) is 11.6 Å². The lowest BCUT2D eigenvalue weighted by Gasteiger charge is -2.48. The van der Waals surface area contributed by atoms with E-state index in [0.29, 0.717) is 0 Å². The maximum absolute atomic E-state index is 6.54. The van der Waals surface area contributed by atoms with E-state index in [9.17, 15) is 0 Å². The van der Waals surface area contributed by atoms with Crippen LogP contribution in [-0.4, -0.2) is 42.2 Å². The number of hydrogen-bond donors (Lipinski definition) is 0. The van der Waals surface area contributed by atoms with Gasteiger partial charge in [0.15, 0.2) is 0 Å². The van der Waals surface area contributed by atoms with Gasteiger partial charge >= 0.3 is 0 Å². The molecule has 0 amide bonds. The zero-order valence-electron chi connectivity index (χ0n) is 19.1. The molecule has 1 spiro atoms. The monoisotopic (exact) mass is 485 g/mol. The summed E-state index contributed by atoms with van der Waals surface area (Å²) < 4.78 is 18.4. The first-order valence-corrected chi connectivity index (χ1v) is 12.4. The fourth-order valence-electron chi connectivity index (χ4n) is 5.04. The highest BCUT2D eigenvalue weighted by molar-refractivity contribution is 7.16. The van der Waals surface area contributed by atoms with Crippen molar-refractivity contribution in [1.29, 1.82) is 0 Å². The summed E-state index contributed by atoms with van der Waals surface area (Å²) in [7, 11) is 3.37. The first kappa shape index (κ1) is 22.6. The largest absolute Gasteiger partial charge is 0.497 e. The summed E-state index contributed by atoms with van der Waals surface area (Å²) in [5.74, 6) is 2.39.